The van der Waals surface area contributed by atoms with E-state index in [1.807, 2.05) is 31.9 Å². The molecule has 2 rings (SSSR count). The SMILES string of the molecule is Cc1cc(N(C)Cc2noc(C)n2)nc(C)n1. The van der Waals surface area contributed by atoms with Crippen LogP contribution in [-0.4, -0.2) is 27.2 Å². The first-order valence-electron chi connectivity index (χ1n) is 5.37. The summed E-state index contributed by atoms with van der Waals surface area (Å²) in [5, 5.41) is 3.85. The minimum Gasteiger partial charge on any atom is -0.352 e. The zero-order valence-corrected chi connectivity index (χ0v) is 10.4. The number of aromatic nitrogens is 4. The molecule has 17 heavy (non-hydrogen) atoms. The Kier molecular flexibility index (Phi) is 3.03. The molecule has 0 saturated carbocycles. The van der Waals surface area contributed by atoms with Gasteiger partial charge >= 0.3 is 0 Å². The number of rotatable bonds is 3. The maximum atomic E-state index is 4.93. The Morgan fingerprint density at radius 2 is 1.94 bits per heavy atom. The smallest absolute Gasteiger partial charge is 0.223 e. The Morgan fingerprint density at radius 3 is 2.53 bits per heavy atom. The molecule has 0 saturated heterocycles. The van der Waals surface area contributed by atoms with Gasteiger partial charge in [0.1, 0.15) is 11.6 Å². The molecule has 0 aliphatic rings. The summed E-state index contributed by atoms with van der Waals surface area (Å²) in [4.78, 5) is 14.7. The first-order chi connectivity index (χ1) is 8.04. The molecular formula is C11H15N5O. The molecule has 0 fully saturated rings. The zero-order chi connectivity index (χ0) is 12.4. The van der Waals surface area contributed by atoms with Crippen molar-refractivity contribution >= 4 is 5.82 Å². The number of anilines is 1. The first-order valence-corrected chi connectivity index (χ1v) is 5.37. The Hall–Kier alpha value is -1.98. The van der Waals surface area contributed by atoms with Crippen LogP contribution in [0.4, 0.5) is 5.82 Å². The molecule has 2 aromatic rings. The first kappa shape index (κ1) is 11.5. The Balaban J connectivity index is 2.16. The molecule has 90 valence electrons. The number of hydrogen-bond donors (Lipinski definition) is 0. The van der Waals surface area contributed by atoms with E-state index < -0.39 is 0 Å². The van der Waals surface area contributed by atoms with Crippen LogP contribution in [0.25, 0.3) is 0 Å². The lowest BCUT2D eigenvalue weighted by Crippen LogP contribution is -2.19. The van der Waals surface area contributed by atoms with E-state index in [0.717, 1.165) is 17.3 Å². The van der Waals surface area contributed by atoms with E-state index in [9.17, 15) is 0 Å². The second-order valence-corrected chi connectivity index (χ2v) is 4.00. The predicted molar refractivity (Wildman–Crippen MR) is 62.6 cm³/mol. The van der Waals surface area contributed by atoms with Crippen LogP contribution in [0, 0.1) is 20.8 Å². The highest BCUT2D eigenvalue weighted by atomic mass is 16.5. The van der Waals surface area contributed by atoms with Gasteiger partial charge in [-0.3, -0.25) is 0 Å². The van der Waals surface area contributed by atoms with Crippen LogP contribution in [0.2, 0.25) is 0 Å². The van der Waals surface area contributed by atoms with Gasteiger partial charge < -0.3 is 9.42 Å². The summed E-state index contributed by atoms with van der Waals surface area (Å²) < 4.78 is 4.93. The molecule has 0 radical (unpaired) electrons. The third kappa shape index (κ3) is 2.77. The van der Waals surface area contributed by atoms with Gasteiger partial charge in [-0.15, -0.1) is 0 Å². The maximum Gasteiger partial charge on any atom is 0.223 e. The van der Waals surface area contributed by atoms with Gasteiger partial charge in [0, 0.05) is 25.7 Å². The van der Waals surface area contributed by atoms with Gasteiger partial charge in [-0.2, -0.15) is 4.98 Å². The molecule has 0 aliphatic carbocycles. The van der Waals surface area contributed by atoms with E-state index in [2.05, 4.69) is 20.1 Å². The van der Waals surface area contributed by atoms with Crippen LogP contribution in [-0.2, 0) is 6.54 Å². The quantitative estimate of drug-likeness (QED) is 0.798. The van der Waals surface area contributed by atoms with Gasteiger partial charge in [0.25, 0.3) is 0 Å². The molecule has 6 heteroatoms. The average Bonchev–Trinajstić information content (AvgIpc) is 2.62. The second kappa shape index (κ2) is 4.48. The van der Waals surface area contributed by atoms with E-state index in [-0.39, 0.29) is 0 Å². The minimum absolute atomic E-state index is 0.563. The zero-order valence-electron chi connectivity index (χ0n) is 10.4. The molecule has 0 N–H and O–H groups in total. The molecule has 2 aromatic heterocycles. The summed E-state index contributed by atoms with van der Waals surface area (Å²) in [5.41, 5.74) is 0.948. The van der Waals surface area contributed by atoms with Crippen LogP contribution in [0.5, 0.6) is 0 Å². The van der Waals surface area contributed by atoms with E-state index in [1.54, 1.807) is 6.92 Å². The van der Waals surface area contributed by atoms with Gasteiger partial charge in [0.15, 0.2) is 5.82 Å². The Morgan fingerprint density at radius 1 is 1.18 bits per heavy atom. The second-order valence-electron chi connectivity index (χ2n) is 4.00. The fourth-order valence-electron chi connectivity index (χ4n) is 1.59. The summed E-state index contributed by atoms with van der Waals surface area (Å²) in [6.45, 7) is 6.16. The molecule has 0 aromatic carbocycles. The van der Waals surface area contributed by atoms with Crippen molar-refractivity contribution in [2.24, 2.45) is 0 Å². The van der Waals surface area contributed by atoms with Crippen LogP contribution < -0.4 is 4.90 Å². The lowest BCUT2D eigenvalue weighted by Gasteiger charge is -2.16. The Labute approximate surface area is 99.7 Å². The fraction of sp³-hybridized carbons (Fsp3) is 0.455. The highest BCUT2D eigenvalue weighted by molar-refractivity contribution is 5.38. The molecule has 0 atom stereocenters. The highest BCUT2D eigenvalue weighted by Crippen LogP contribution is 2.12. The van der Waals surface area contributed by atoms with Crippen LogP contribution in [0.3, 0.4) is 0 Å². The van der Waals surface area contributed by atoms with Crippen molar-refractivity contribution in [2.45, 2.75) is 27.3 Å². The fourth-order valence-corrected chi connectivity index (χ4v) is 1.59. The van der Waals surface area contributed by atoms with E-state index in [1.165, 1.54) is 0 Å². The number of nitrogens with zero attached hydrogens (tertiary/aromatic N) is 5. The maximum absolute atomic E-state index is 4.93. The summed E-state index contributed by atoms with van der Waals surface area (Å²) in [7, 11) is 1.94. The van der Waals surface area contributed by atoms with Gasteiger partial charge in [-0.25, -0.2) is 9.97 Å². The molecular weight excluding hydrogens is 218 g/mol. The molecule has 0 amide bonds. The number of hydrogen-bond acceptors (Lipinski definition) is 6. The van der Waals surface area contributed by atoms with Gasteiger partial charge in [0.05, 0.1) is 6.54 Å². The van der Waals surface area contributed by atoms with Crippen LogP contribution in [0.1, 0.15) is 23.2 Å². The monoisotopic (exact) mass is 233 g/mol. The number of aryl methyl sites for hydroxylation is 3. The van der Waals surface area contributed by atoms with Crippen LogP contribution in [0.15, 0.2) is 10.6 Å². The molecule has 2 heterocycles. The summed E-state index contributed by atoms with van der Waals surface area (Å²) >= 11 is 0. The van der Waals surface area contributed by atoms with E-state index in [0.29, 0.717) is 18.3 Å². The minimum atomic E-state index is 0.563. The van der Waals surface area contributed by atoms with Crippen molar-refractivity contribution in [3.63, 3.8) is 0 Å². The van der Waals surface area contributed by atoms with Gasteiger partial charge in [0.2, 0.25) is 5.89 Å². The third-order valence-corrected chi connectivity index (χ3v) is 2.29. The largest absolute Gasteiger partial charge is 0.352 e. The normalized spacial score (nSPS) is 10.6. The van der Waals surface area contributed by atoms with Crippen molar-refractivity contribution in [1.82, 2.24) is 20.1 Å². The van der Waals surface area contributed by atoms with Crippen molar-refractivity contribution in [3.8, 4) is 0 Å². The van der Waals surface area contributed by atoms with E-state index in [4.69, 9.17) is 4.52 Å². The molecule has 0 bridgehead atoms. The lowest BCUT2D eigenvalue weighted by molar-refractivity contribution is 0.387. The lowest BCUT2D eigenvalue weighted by atomic mass is 10.4. The Bertz CT molecular complexity index is 502. The topological polar surface area (TPSA) is 67.9 Å². The van der Waals surface area contributed by atoms with Crippen LogP contribution >= 0.6 is 0 Å². The summed E-state index contributed by atoms with van der Waals surface area (Å²) in [5.74, 6) is 2.84. The molecule has 6 nitrogen and oxygen atoms in total. The third-order valence-electron chi connectivity index (χ3n) is 2.29. The predicted octanol–water partition coefficient (Wildman–Crippen LogP) is 1.42. The molecule has 0 unspecified atom stereocenters. The summed E-state index contributed by atoms with van der Waals surface area (Å²) in [6.07, 6.45) is 0. The average molecular weight is 233 g/mol. The van der Waals surface area contributed by atoms with Crippen molar-refractivity contribution in [3.05, 3.63) is 29.3 Å². The van der Waals surface area contributed by atoms with Gasteiger partial charge in [-0.05, 0) is 13.8 Å². The van der Waals surface area contributed by atoms with Crippen molar-refractivity contribution in [1.29, 1.82) is 0 Å². The van der Waals surface area contributed by atoms with Gasteiger partial charge in [-0.1, -0.05) is 5.16 Å². The van der Waals surface area contributed by atoms with Crippen molar-refractivity contribution < 1.29 is 4.52 Å². The molecule has 0 aliphatic heterocycles. The van der Waals surface area contributed by atoms with Crippen molar-refractivity contribution in [2.75, 3.05) is 11.9 Å². The standard InChI is InChI=1S/C11H15N5O/c1-7-5-11(13-8(2)12-7)16(4)6-10-14-9(3)17-15-10/h5H,6H2,1-4H3. The van der Waals surface area contributed by atoms with E-state index >= 15 is 0 Å². The summed E-state index contributed by atoms with van der Waals surface area (Å²) in [6, 6.07) is 1.93. The molecule has 0 spiro atoms. The highest BCUT2D eigenvalue weighted by Gasteiger charge is 2.09.